The van der Waals surface area contributed by atoms with Crippen LogP contribution in [0.5, 0.6) is 5.75 Å². The van der Waals surface area contributed by atoms with Crippen LogP contribution in [0.15, 0.2) is 18.2 Å². The van der Waals surface area contributed by atoms with Crippen molar-refractivity contribution in [3.8, 4) is 5.75 Å². The SMILES string of the molecule is CNC(C)C1(C(C)N)CNc2cccc(O)c21. The van der Waals surface area contributed by atoms with Crippen LogP contribution in [0.3, 0.4) is 0 Å². The van der Waals surface area contributed by atoms with Gasteiger partial charge in [-0.1, -0.05) is 6.07 Å². The number of nitrogens with two attached hydrogens (primary N) is 1. The Morgan fingerprint density at radius 2 is 2.18 bits per heavy atom. The first-order valence-electron chi connectivity index (χ1n) is 6.03. The summed E-state index contributed by atoms with van der Waals surface area (Å²) in [6.07, 6.45) is 0. The Kier molecular flexibility index (Phi) is 3.02. The van der Waals surface area contributed by atoms with Crippen molar-refractivity contribution in [1.82, 2.24) is 5.32 Å². The number of phenols is 1. The molecule has 1 aliphatic rings. The van der Waals surface area contributed by atoms with Gasteiger partial charge < -0.3 is 21.5 Å². The second-order valence-electron chi connectivity index (χ2n) is 4.89. The standard InChI is InChI=1S/C13H21N3O/c1-8(14)13(9(2)15-3)7-16-10-5-4-6-11(17)12(10)13/h4-6,8-9,15-17H,7,14H2,1-3H3. The summed E-state index contributed by atoms with van der Waals surface area (Å²) in [6.45, 7) is 4.85. The number of hydrogen-bond donors (Lipinski definition) is 4. The van der Waals surface area contributed by atoms with Crippen molar-refractivity contribution in [1.29, 1.82) is 0 Å². The fourth-order valence-corrected chi connectivity index (χ4v) is 2.92. The molecule has 3 unspecified atom stereocenters. The summed E-state index contributed by atoms with van der Waals surface area (Å²) in [4.78, 5) is 0. The minimum absolute atomic E-state index is 0.0491. The number of rotatable bonds is 3. The van der Waals surface area contributed by atoms with Crippen molar-refractivity contribution in [3.05, 3.63) is 23.8 Å². The van der Waals surface area contributed by atoms with E-state index in [9.17, 15) is 5.11 Å². The second-order valence-corrected chi connectivity index (χ2v) is 4.89. The van der Waals surface area contributed by atoms with E-state index >= 15 is 0 Å². The fraction of sp³-hybridized carbons (Fsp3) is 0.538. The van der Waals surface area contributed by atoms with Crippen molar-refractivity contribution in [3.63, 3.8) is 0 Å². The summed E-state index contributed by atoms with van der Waals surface area (Å²) < 4.78 is 0. The highest BCUT2D eigenvalue weighted by Crippen LogP contribution is 2.45. The highest BCUT2D eigenvalue weighted by atomic mass is 16.3. The van der Waals surface area contributed by atoms with Crippen LogP contribution < -0.4 is 16.4 Å². The average molecular weight is 235 g/mol. The molecule has 1 aliphatic heterocycles. The molecule has 1 heterocycles. The molecule has 94 valence electrons. The van der Waals surface area contributed by atoms with Crippen molar-refractivity contribution in [2.24, 2.45) is 5.73 Å². The lowest BCUT2D eigenvalue weighted by Crippen LogP contribution is -2.56. The second kappa shape index (κ2) is 4.20. The van der Waals surface area contributed by atoms with Gasteiger partial charge in [-0.25, -0.2) is 0 Å². The van der Waals surface area contributed by atoms with Gasteiger partial charge in [-0.2, -0.15) is 0 Å². The summed E-state index contributed by atoms with van der Waals surface area (Å²) in [6, 6.07) is 5.70. The summed E-state index contributed by atoms with van der Waals surface area (Å²) in [7, 11) is 1.92. The lowest BCUT2D eigenvalue weighted by atomic mass is 9.71. The minimum Gasteiger partial charge on any atom is -0.508 e. The molecule has 1 aromatic rings. The Balaban J connectivity index is 2.60. The van der Waals surface area contributed by atoms with E-state index in [1.807, 2.05) is 26.1 Å². The summed E-state index contributed by atoms with van der Waals surface area (Å²) in [5.41, 5.74) is 7.87. The van der Waals surface area contributed by atoms with Crippen LogP contribution in [0.2, 0.25) is 0 Å². The molecule has 2 rings (SSSR count). The third kappa shape index (κ3) is 1.59. The molecule has 5 N–H and O–H groups in total. The Bertz CT molecular complexity index is 419. The zero-order chi connectivity index (χ0) is 12.6. The van der Waals surface area contributed by atoms with Crippen LogP contribution in [0, 0.1) is 0 Å². The lowest BCUT2D eigenvalue weighted by molar-refractivity contribution is 0.292. The number of benzene rings is 1. The van der Waals surface area contributed by atoms with Gasteiger partial charge in [-0.15, -0.1) is 0 Å². The number of aromatic hydroxyl groups is 1. The van der Waals surface area contributed by atoms with Crippen LogP contribution in [0.4, 0.5) is 5.69 Å². The molecular formula is C13H21N3O. The molecular weight excluding hydrogens is 214 g/mol. The van der Waals surface area contributed by atoms with E-state index in [2.05, 4.69) is 17.6 Å². The monoisotopic (exact) mass is 235 g/mol. The molecule has 4 heteroatoms. The minimum atomic E-state index is -0.268. The predicted molar refractivity (Wildman–Crippen MR) is 70.4 cm³/mol. The van der Waals surface area contributed by atoms with Crippen molar-refractivity contribution < 1.29 is 5.11 Å². The first-order valence-corrected chi connectivity index (χ1v) is 6.03. The predicted octanol–water partition coefficient (Wildman–Crippen LogP) is 1.01. The maximum atomic E-state index is 10.1. The molecule has 3 atom stereocenters. The van der Waals surface area contributed by atoms with E-state index in [0.717, 1.165) is 17.8 Å². The molecule has 4 nitrogen and oxygen atoms in total. The van der Waals surface area contributed by atoms with E-state index in [1.165, 1.54) is 0 Å². The molecule has 0 radical (unpaired) electrons. The first kappa shape index (κ1) is 12.2. The van der Waals surface area contributed by atoms with Gasteiger partial charge in [-0.05, 0) is 33.0 Å². The smallest absolute Gasteiger partial charge is 0.121 e. The molecule has 0 fully saturated rings. The number of hydrogen-bond acceptors (Lipinski definition) is 4. The van der Waals surface area contributed by atoms with Gasteiger partial charge in [0.1, 0.15) is 5.75 Å². The molecule has 0 amide bonds. The number of nitrogens with one attached hydrogen (secondary N) is 2. The largest absolute Gasteiger partial charge is 0.508 e. The zero-order valence-corrected chi connectivity index (χ0v) is 10.6. The topological polar surface area (TPSA) is 70.3 Å². The van der Waals surface area contributed by atoms with Gasteiger partial charge in [0.15, 0.2) is 0 Å². The number of likely N-dealkylation sites (N-methyl/N-ethyl adjacent to an activating group) is 1. The third-order valence-electron chi connectivity index (χ3n) is 4.10. The lowest BCUT2D eigenvalue weighted by Gasteiger charge is -2.39. The summed E-state index contributed by atoms with van der Waals surface area (Å²) in [5.74, 6) is 0.326. The van der Waals surface area contributed by atoms with Gasteiger partial charge in [0.2, 0.25) is 0 Å². The van der Waals surface area contributed by atoms with Crippen LogP contribution in [0.25, 0.3) is 0 Å². The highest BCUT2D eigenvalue weighted by molar-refractivity contribution is 5.66. The molecule has 0 spiro atoms. The molecule has 17 heavy (non-hydrogen) atoms. The molecule has 0 bridgehead atoms. The van der Waals surface area contributed by atoms with E-state index < -0.39 is 0 Å². The molecule has 0 aromatic heterocycles. The van der Waals surface area contributed by atoms with Gasteiger partial charge in [0.05, 0.1) is 0 Å². The van der Waals surface area contributed by atoms with Gasteiger partial charge in [-0.3, -0.25) is 0 Å². The Labute approximate surface area is 102 Å². The van der Waals surface area contributed by atoms with Crippen LogP contribution in [0.1, 0.15) is 19.4 Å². The quantitative estimate of drug-likeness (QED) is 0.631. The average Bonchev–Trinajstić information content (AvgIpc) is 2.70. The van der Waals surface area contributed by atoms with Crippen LogP contribution in [-0.2, 0) is 5.41 Å². The number of phenolic OH excluding ortho intramolecular Hbond substituents is 1. The van der Waals surface area contributed by atoms with Crippen molar-refractivity contribution in [2.75, 3.05) is 18.9 Å². The maximum Gasteiger partial charge on any atom is 0.121 e. The Hall–Kier alpha value is -1.26. The third-order valence-corrected chi connectivity index (χ3v) is 4.10. The fourth-order valence-electron chi connectivity index (χ4n) is 2.92. The number of anilines is 1. The summed E-state index contributed by atoms with van der Waals surface area (Å²) >= 11 is 0. The van der Waals surface area contributed by atoms with Crippen LogP contribution in [-0.4, -0.2) is 30.8 Å². The maximum absolute atomic E-state index is 10.1. The van der Waals surface area contributed by atoms with E-state index in [4.69, 9.17) is 5.73 Å². The molecule has 0 saturated carbocycles. The first-order chi connectivity index (χ1) is 8.04. The van der Waals surface area contributed by atoms with Crippen molar-refractivity contribution >= 4 is 5.69 Å². The highest BCUT2D eigenvalue weighted by Gasteiger charge is 2.47. The molecule has 0 aliphatic carbocycles. The van der Waals surface area contributed by atoms with Crippen molar-refractivity contribution in [2.45, 2.75) is 31.3 Å². The van der Waals surface area contributed by atoms with Gasteiger partial charge in [0, 0.05) is 35.3 Å². The zero-order valence-electron chi connectivity index (χ0n) is 10.6. The summed E-state index contributed by atoms with van der Waals surface area (Å²) in [5, 5.41) is 16.8. The molecule has 0 saturated heterocycles. The molecule has 1 aromatic carbocycles. The van der Waals surface area contributed by atoms with Gasteiger partial charge in [0.25, 0.3) is 0 Å². The van der Waals surface area contributed by atoms with E-state index in [-0.39, 0.29) is 17.5 Å². The Morgan fingerprint density at radius 3 is 2.76 bits per heavy atom. The van der Waals surface area contributed by atoms with E-state index in [1.54, 1.807) is 6.07 Å². The normalized spacial score (nSPS) is 26.1. The van der Waals surface area contributed by atoms with Crippen LogP contribution >= 0.6 is 0 Å². The Morgan fingerprint density at radius 1 is 1.47 bits per heavy atom. The van der Waals surface area contributed by atoms with Gasteiger partial charge >= 0.3 is 0 Å². The number of fused-ring (bicyclic) bond motifs is 1. The van der Waals surface area contributed by atoms with E-state index in [0.29, 0.717) is 5.75 Å².